The third kappa shape index (κ3) is 4.28. The van der Waals surface area contributed by atoms with Gasteiger partial charge >= 0.3 is 0 Å². The zero-order valence-corrected chi connectivity index (χ0v) is 17.6. The Balaban J connectivity index is 2.42. The molecule has 1 amide bonds. The van der Waals surface area contributed by atoms with Crippen LogP contribution in [0.15, 0.2) is 36.4 Å². The van der Waals surface area contributed by atoms with E-state index in [1.807, 2.05) is 20.8 Å². The number of rotatable bonds is 4. The number of nitrogens with zero attached hydrogens (tertiary/aromatic N) is 2. The maximum atomic E-state index is 15.0. The Hall–Kier alpha value is -2.44. The van der Waals surface area contributed by atoms with Crippen molar-refractivity contribution in [3.8, 4) is 16.9 Å². The molecule has 1 aromatic heterocycles. The van der Waals surface area contributed by atoms with Crippen molar-refractivity contribution >= 4 is 29.1 Å². The van der Waals surface area contributed by atoms with Crippen LogP contribution in [0.25, 0.3) is 16.9 Å². The third-order valence-electron chi connectivity index (χ3n) is 4.23. The number of halogens is 4. The Labute approximate surface area is 177 Å². The SMILES string of the molecule is CC(C)(C)Cc1nc(C(N)=O)c(-c2ccc(F)c(Cl)c2)n1-c1cccc(Cl)c1F. The van der Waals surface area contributed by atoms with Crippen molar-refractivity contribution in [2.75, 3.05) is 0 Å². The number of hydrogen-bond acceptors (Lipinski definition) is 2. The topological polar surface area (TPSA) is 60.9 Å². The zero-order chi connectivity index (χ0) is 21.5. The van der Waals surface area contributed by atoms with Crippen molar-refractivity contribution in [2.45, 2.75) is 27.2 Å². The first kappa shape index (κ1) is 21.3. The molecule has 0 aliphatic carbocycles. The van der Waals surface area contributed by atoms with Crippen molar-refractivity contribution in [3.63, 3.8) is 0 Å². The molecule has 1 heterocycles. The number of imidazole rings is 1. The van der Waals surface area contributed by atoms with Crippen molar-refractivity contribution in [1.82, 2.24) is 9.55 Å². The molecule has 152 valence electrons. The summed E-state index contributed by atoms with van der Waals surface area (Å²) in [6.45, 7) is 5.95. The maximum Gasteiger partial charge on any atom is 0.269 e. The van der Waals surface area contributed by atoms with Crippen molar-refractivity contribution in [3.05, 3.63) is 69.6 Å². The first-order valence-corrected chi connectivity index (χ1v) is 9.56. The number of hydrogen-bond donors (Lipinski definition) is 1. The standard InChI is InChI=1S/C21H19Cl2F2N3O/c1-21(2,3)10-16-27-18(20(26)29)19(11-7-8-14(24)13(23)9-11)28(16)15-6-4-5-12(22)17(15)25/h4-9H,10H2,1-3H3,(H2,26,29). The Bertz CT molecular complexity index is 1100. The van der Waals surface area contributed by atoms with Gasteiger partial charge in [0.2, 0.25) is 0 Å². The van der Waals surface area contributed by atoms with Crippen LogP contribution in [0.1, 0.15) is 37.1 Å². The number of nitrogens with two attached hydrogens (primary N) is 1. The molecule has 29 heavy (non-hydrogen) atoms. The number of carbonyl (C=O) groups is 1. The van der Waals surface area contributed by atoms with Gasteiger partial charge in [0.05, 0.1) is 21.4 Å². The smallest absolute Gasteiger partial charge is 0.269 e. The molecule has 4 nitrogen and oxygen atoms in total. The zero-order valence-electron chi connectivity index (χ0n) is 16.1. The van der Waals surface area contributed by atoms with E-state index >= 15 is 0 Å². The number of carbonyl (C=O) groups excluding carboxylic acids is 1. The maximum absolute atomic E-state index is 15.0. The average molecular weight is 438 g/mol. The highest BCUT2D eigenvalue weighted by Gasteiger charge is 2.28. The summed E-state index contributed by atoms with van der Waals surface area (Å²) in [6.07, 6.45) is 0.411. The monoisotopic (exact) mass is 437 g/mol. The van der Waals surface area contributed by atoms with Gasteiger partial charge in [0.1, 0.15) is 11.6 Å². The molecule has 2 N–H and O–H groups in total. The molecular formula is C21H19Cl2F2N3O. The quantitative estimate of drug-likeness (QED) is 0.559. The lowest BCUT2D eigenvalue weighted by Crippen LogP contribution is -2.15. The highest BCUT2D eigenvalue weighted by atomic mass is 35.5. The second-order valence-electron chi connectivity index (χ2n) is 7.86. The molecule has 0 saturated carbocycles. The molecule has 8 heteroatoms. The summed E-state index contributed by atoms with van der Waals surface area (Å²) in [5.74, 6) is -1.67. The molecule has 3 rings (SSSR count). The Morgan fingerprint density at radius 1 is 1.14 bits per heavy atom. The van der Waals surface area contributed by atoms with Gasteiger partial charge in [-0.3, -0.25) is 9.36 Å². The lowest BCUT2D eigenvalue weighted by molar-refractivity contribution is 0.0996. The van der Waals surface area contributed by atoms with Gasteiger partial charge in [-0.25, -0.2) is 13.8 Å². The van der Waals surface area contributed by atoms with Crippen LogP contribution in [-0.4, -0.2) is 15.5 Å². The van der Waals surface area contributed by atoms with E-state index in [1.54, 1.807) is 6.07 Å². The van der Waals surface area contributed by atoms with Crippen LogP contribution >= 0.6 is 23.2 Å². The normalized spacial score (nSPS) is 11.7. The molecule has 0 aliphatic rings. The van der Waals surface area contributed by atoms with Crippen LogP contribution in [0.2, 0.25) is 10.0 Å². The molecule has 0 fully saturated rings. The third-order valence-corrected chi connectivity index (χ3v) is 4.82. The van der Waals surface area contributed by atoms with E-state index in [1.165, 1.54) is 28.8 Å². The van der Waals surface area contributed by atoms with Crippen LogP contribution in [-0.2, 0) is 6.42 Å². The van der Waals surface area contributed by atoms with Crippen LogP contribution in [0.5, 0.6) is 0 Å². The number of primary amides is 1. The van der Waals surface area contributed by atoms with Gasteiger partial charge in [-0.15, -0.1) is 0 Å². The Morgan fingerprint density at radius 2 is 1.83 bits per heavy atom. The van der Waals surface area contributed by atoms with E-state index in [4.69, 9.17) is 28.9 Å². The molecule has 0 saturated heterocycles. The Morgan fingerprint density at radius 3 is 2.41 bits per heavy atom. The summed E-state index contributed by atoms with van der Waals surface area (Å²) >= 11 is 11.9. The van der Waals surface area contributed by atoms with E-state index in [-0.39, 0.29) is 32.5 Å². The summed E-state index contributed by atoms with van der Waals surface area (Å²) in [7, 11) is 0. The molecule has 0 atom stereocenters. The predicted octanol–water partition coefficient (Wildman–Crippen LogP) is 5.81. The minimum Gasteiger partial charge on any atom is -0.364 e. The van der Waals surface area contributed by atoms with E-state index in [9.17, 15) is 13.6 Å². The number of aromatic nitrogens is 2. The Kier molecular flexibility index (Phi) is 5.70. The van der Waals surface area contributed by atoms with E-state index in [2.05, 4.69) is 4.98 Å². The van der Waals surface area contributed by atoms with Crippen LogP contribution < -0.4 is 5.73 Å². The first-order chi connectivity index (χ1) is 13.5. The lowest BCUT2D eigenvalue weighted by atomic mass is 9.92. The minimum atomic E-state index is -0.795. The number of benzene rings is 2. The van der Waals surface area contributed by atoms with Gasteiger partial charge in [-0.05, 0) is 35.7 Å². The number of amides is 1. The molecule has 0 radical (unpaired) electrons. The van der Waals surface area contributed by atoms with Gasteiger partial charge in [0.15, 0.2) is 11.5 Å². The first-order valence-electron chi connectivity index (χ1n) is 8.81. The van der Waals surface area contributed by atoms with Crippen molar-refractivity contribution in [2.24, 2.45) is 11.1 Å². The van der Waals surface area contributed by atoms with Gasteiger partial charge in [-0.2, -0.15) is 0 Å². The lowest BCUT2D eigenvalue weighted by Gasteiger charge is -2.20. The summed E-state index contributed by atoms with van der Waals surface area (Å²) in [4.78, 5) is 16.6. The fourth-order valence-corrected chi connectivity index (χ4v) is 3.42. The second-order valence-corrected chi connectivity index (χ2v) is 8.68. The molecule has 0 unspecified atom stereocenters. The van der Waals surface area contributed by atoms with Crippen LogP contribution in [0.3, 0.4) is 0 Å². The molecule has 0 bridgehead atoms. The summed E-state index contributed by atoms with van der Waals surface area (Å²) in [5, 5.41) is -0.226. The van der Waals surface area contributed by atoms with Gasteiger partial charge in [0.25, 0.3) is 5.91 Å². The average Bonchev–Trinajstić information content (AvgIpc) is 2.97. The molecule has 0 aliphatic heterocycles. The van der Waals surface area contributed by atoms with Gasteiger partial charge in [0, 0.05) is 12.0 Å². The fraction of sp³-hybridized carbons (Fsp3) is 0.238. The van der Waals surface area contributed by atoms with Crippen molar-refractivity contribution < 1.29 is 13.6 Å². The van der Waals surface area contributed by atoms with Crippen LogP contribution in [0.4, 0.5) is 8.78 Å². The predicted molar refractivity (Wildman–Crippen MR) is 111 cm³/mol. The van der Waals surface area contributed by atoms with E-state index in [0.717, 1.165) is 6.07 Å². The van der Waals surface area contributed by atoms with E-state index in [0.29, 0.717) is 17.8 Å². The van der Waals surface area contributed by atoms with Crippen molar-refractivity contribution in [1.29, 1.82) is 0 Å². The summed E-state index contributed by atoms with van der Waals surface area (Å²) < 4.78 is 30.2. The fourth-order valence-electron chi connectivity index (χ4n) is 3.07. The van der Waals surface area contributed by atoms with E-state index < -0.39 is 17.5 Å². The van der Waals surface area contributed by atoms with Crippen LogP contribution in [0, 0.1) is 17.0 Å². The molecule has 0 spiro atoms. The highest BCUT2D eigenvalue weighted by Crippen LogP contribution is 2.35. The minimum absolute atomic E-state index is 0.0636. The van der Waals surface area contributed by atoms with Gasteiger partial charge < -0.3 is 5.73 Å². The largest absolute Gasteiger partial charge is 0.364 e. The highest BCUT2D eigenvalue weighted by molar-refractivity contribution is 6.31. The molecule has 2 aromatic carbocycles. The second kappa shape index (κ2) is 7.76. The van der Waals surface area contributed by atoms with Gasteiger partial charge in [-0.1, -0.05) is 50.0 Å². The molecular weight excluding hydrogens is 419 g/mol. The molecule has 3 aromatic rings. The summed E-state index contributed by atoms with van der Waals surface area (Å²) in [5.41, 5.74) is 5.97. The summed E-state index contributed by atoms with van der Waals surface area (Å²) in [6, 6.07) is 8.48.